The summed E-state index contributed by atoms with van der Waals surface area (Å²) in [5.41, 5.74) is 3.43. The summed E-state index contributed by atoms with van der Waals surface area (Å²) >= 11 is 1.06. The molecule has 0 saturated carbocycles. The SMILES string of the molecule is OC[C@H](O)[C@H](O)[C@H](O)[C@]1(CO)NN=C(c2ccccc2)S1. The predicted octanol–water partition coefficient (Wildman–Crippen LogP) is -1.55. The highest BCUT2D eigenvalue weighted by atomic mass is 32.2. The minimum Gasteiger partial charge on any atom is -0.394 e. The van der Waals surface area contributed by atoms with Gasteiger partial charge in [-0.3, -0.25) is 5.43 Å². The van der Waals surface area contributed by atoms with Crippen LogP contribution >= 0.6 is 11.8 Å². The van der Waals surface area contributed by atoms with Crippen LogP contribution in [-0.4, -0.2) is 67.0 Å². The average Bonchev–Trinajstić information content (AvgIpc) is 2.99. The molecule has 0 aromatic heterocycles. The quantitative estimate of drug-likeness (QED) is 0.375. The molecule has 1 aromatic rings. The van der Waals surface area contributed by atoms with Crippen molar-refractivity contribution in [3.63, 3.8) is 0 Å². The third-order valence-corrected chi connectivity index (χ3v) is 4.61. The van der Waals surface area contributed by atoms with Crippen molar-refractivity contribution in [1.82, 2.24) is 5.43 Å². The molecule has 0 saturated heterocycles. The van der Waals surface area contributed by atoms with Crippen LogP contribution < -0.4 is 5.43 Å². The molecular weight excluding hydrogens is 296 g/mol. The second-order valence-electron chi connectivity index (χ2n) is 4.73. The van der Waals surface area contributed by atoms with Gasteiger partial charge in [-0.1, -0.05) is 42.1 Å². The lowest BCUT2D eigenvalue weighted by Gasteiger charge is -2.35. The molecule has 1 aliphatic rings. The normalized spacial score (nSPS) is 25.9. The van der Waals surface area contributed by atoms with E-state index in [0.29, 0.717) is 5.04 Å². The highest BCUT2D eigenvalue weighted by Gasteiger charge is 2.48. The van der Waals surface area contributed by atoms with Gasteiger partial charge in [0.25, 0.3) is 0 Å². The number of aliphatic hydroxyl groups is 5. The van der Waals surface area contributed by atoms with Crippen molar-refractivity contribution in [2.45, 2.75) is 23.2 Å². The van der Waals surface area contributed by atoms with Gasteiger partial charge in [0.15, 0.2) is 4.87 Å². The van der Waals surface area contributed by atoms with Gasteiger partial charge in [0.2, 0.25) is 0 Å². The number of aliphatic hydroxyl groups excluding tert-OH is 5. The van der Waals surface area contributed by atoms with Crippen molar-refractivity contribution in [2.24, 2.45) is 5.10 Å². The van der Waals surface area contributed by atoms with E-state index < -0.39 is 36.4 Å². The molecule has 0 fully saturated rings. The van der Waals surface area contributed by atoms with Crippen molar-refractivity contribution in [2.75, 3.05) is 13.2 Å². The number of nitrogens with zero attached hydrogens (tertiary/aromatic N) is 1. The first-order chi connectivity index (χ1) is 10.0. The number of nitrogens with one attached hydrogen (secondary N) is 1. The molecule has 1 aliphatic heterocycles. The highest BCUT2D eigenvalue weighted by Crippen LogP contribution is 2.36. The van der Waals surface area contributed by atoms with E-state index >= 15 is 0 Å². The third-order valence-electron chi connectivity index (χ3n) is 3.26. The molecule has 116 valence electrons. The lowest BCUT2D eigenvalue weighted by molar-refractivity contribution is -0.0969. The zero-order valence-electron chi connectivity index (χ0n) is 11.1. The summed E-state index contributed by atoms with van der Waals surface area (Å²) in [7, 11) is 0. The molecule has 0 spiro atoms. The Morgan fingerprint density at radius 1 is 1.14 bits per heavy atom. The van der Waals surface area contributed by atoms with Crippen LogP contribution in [-0.2, 0) is 0 Å². The van der Waals surface area contributed by atoms with Crippen molar-refractivity contribution in [3.05, 3.63) is 35.9 Å². The van der Waals surface area contributed by atoms with Crippen molar-refractivity contribution in [3.8, 4) is 0 Å². The average molecular weight is 314 g/mol. The molecule has 2 rings (SSSR count). The van der Waals surface area contributed by atoms with Crippen molar-refractivity contribution in [1.29, 1.82) is 0 Å². The molecule has 0 radical (unpaired) electrons. The molecule has 7 nitrogen and oxygen atoms in total. The van der Waals surface area contributed by atoms with Gasteiger partial charge in [-0.25, -0.2) is 0 Å². The van der Waals surface area contributed by atoms with Crippen LogP contribution in [0.2, 0.25) is 0 Å². The van der Waals surface area contributed by atoms with Crippen LogP contribution in [0, 0.1) is 0 Å². The van der Waals surface area contributed by atoms with E-state index in [9.17, 15) is 20.4 Å². The summed E-state index contributed by atoms with van der Waals surface area (Å²) in [5.74, 6) is 0. The van der Waals surface area contributed by atoms with Gasteiger partial charge in [0.1, 0.15) is 23.4 Å². The Balaban J connectivity index is 2.15. The number of benzene rings is 1. The molecule has 1 aromatic carbocycles. The Morgan fingerprint density at radius 2 is 1.81 bits per heavy atom. The van der Waals surface area contributed by atoms with Gasteiger partial charge in [-0.15, -0.1) is 0 Å². The van der Waals surface area contributed by atoms with Crippen LogP contribution in [0.5, 0.6) is 0 Å². The maximum Gasteiger partial charge on any atom is 0.157 e. The number of hydrazone groups is 1. The zero-order chi connectivity index (χ0) is 15.5. The summed E-state index contributed by atoms with van der Waals surface area (Å²) in [6.07, 6.45) is -4.65. The lowest BCUT2D eigenvalue weighted by atomic mass is 10.0. The van der Waals surface area contributed by atoms with Crippen LogP contribution in [0.25, 0.3) is 0 Å². The van der Waals surface area contributed by atoms with Crippen LogP contribution in [0.4, 0.5) is 0 Å². The van der Waals surface area contributed by atoms with E-state index in [1.165, 1.54) is 0 Å². The second-order valence-corrected chi connectivity index (χ2v) is 6.05. The Hall–Kier alpha value is -1.16. The van der Waals surface area contributed by atoms with Gasteiger partial charge in [-0.05, 0) is 0 Å². The van der Waals surface area contributed by atoms with E-state index in [1.807, 2.05) is 30.3 Å². The molecule has 1 heterocycles. The smallest absolute Gasteiger partial charge is 0.157 e. The molecule has 0 bridgehead atoms. The summed E-state index contributed by atoms with van der Waals surface area (Å²) < 4.78 is 0. The van der Waals surface area contributed by atoms with Gasteiger partial charge >= 0.3 is 0 Å². The van der Waals surface area contributed by atoms with Crippen molar-refractivity contribution >= 4 is 16.8 Å². The van der Waals surface area contributed by atoms with E-state index in [4.69, 9.17) is 5.11 Å². The standard InChI is InChI=1S/C13H18N2O5S/c16-6-9(18)10(19)11(20)13(7-17)15-14-12(21-13)8-4-2-1-3-5-8/h1-5,9-11,15-20H,6-7H2/t9-,10-,11-,13+/m0/s1. The summed E-state index contributed by atoms with van der Waals surface area (Å²) in [4.78, 5) is -1.37. The number of rotatable bonds is 6. The van der Waals surface area contributed by atoms with Gasteiger partial charge in [-0.2, -0.15) is 5.10 Å². The minimum atomic E-state index is -1.62. The third kappa shape index (κ3) is 3.20. The fraction of sp³-hybridized carbons (Fsp3) is 0.462. The number of thioether (sulfide) groups is 1. The van der Waals surface area contributed by atoms with Crippen LogP contribution in [0.15, 0.2) is 35.4 Å². The summed E-state index contributed by atoms with van der Waals surface area (Å²) in [6.45, 7) is -1.22. The fourth-order valence-electron chi connectivity index (χ4n) is 1.95. The summed E-state index contributed by atoms with van der Waals surface area (Å²) in [5, 5.41) is 52.5. The highest BCUT2D eigenvalue weighted by molar-refractivity contribution is 8.15. The monoisotopic (exact) mass is 314 g/mol. The first-order valence-corrected chi connectivity index (χ1v) is 7.21. The topological polar surface area (TPSA) is 126 Å². The van der Waals surface area contributed by atoms with E-state index in [2.05, 4.69) is 10.5 Å². The van der Waals surface area contributed by atoms with Crippen molar-refractivity contribution < 1.29 is 25.5 Å². The van der Waals surface area contributed by atoms with E-state index in [-0.39, 0.29) is 0 Å². The molecule has 8 heteroatoms. The first-order valence-electron chi connectivity index (χ1n) is 6.39. The first kappa shape index (κ1) is 16.2. The van der Waals surface area contributed by atoms with Gasteiger partial charge in [0, 0.05) is 5.56 Å². The van der Waals surface area contributed by atoms with Crippen LogP contribution in [0.3, 0.4) is 0 Å². The summed E-state index contributed by atoms with van der Waals surface area (Å²) in [6, 6.07) is 9.17. The van der Waals surface area contributed by atoms with E-state index in [0.717, 1.165) is 17.3 Å². The maximum atomic E-state index is 10.2. The Morgan fingerprint density at radius 3 is 2.38 bits per heavy atom. The molecule has 21 heavy (non-hydrogen) atoms. The Labute approximate surface area is 125 Å². The lowest BCUT2D eigenvalue weighted by Crippen LogP contribution is -2.58. The molecule has 0 amide bonds. The largest absolute Gasteiger partial charge is 0.394 e. The zero-order valence-corrected chi connectivity index (χ0v) is 11.9. The van der Waals surface area contributed by atoms with Crippen LogP contribution in [0.1, 0.15) is 5.56 Å². The molecule has 6 N–H and O–H groups in total. The molecule has 0 aliphatic carbocycles. The predicted molar refractivity (Wildman–Crippen MR) is 78.6 cm³/mol. The number of hydrogen-bond donors (Lipinski definition) is 6. The number of hydrogen-bond acceptors (Lipinski definition) is 8. The molecular formula is C13H18N2O5S. The molecule has 4 atom stereocenters. The maximum absolute atomic E-state index is 10.2. The Bertz CT molecular complexity index is 501. The minimum absolute atomic E-state index is 0.520. The fourth-order valence-corrected chi connectivity index (χ4v) is 3.06. The second kappa shape index (κ2) is 6.73. The van der Waals surface area contributed by atoms with E-state index in [1.54, 1.807) is 0 Å². The molecule has 0 unspecified atom stereocenters. The van der Waals surface area contributed by atoms with Gasteiger partial charge in [0.05, 0.1) is 13.2 Å². The van der Waals surface area contributed by atoms with Gasteiger partial charge < -0.3 is 25.5 Å². The Kier molecular flexibility index (Phi) is 5.20.